The number of hydrogen-bond donors (Lipinski definition) is 2. The first-order valence-corrected chi connectivity index (χ1v) is 12.3. The van der Waals surface area contributed by atoms with Crippen molar-refractivity contribution in [2.45, 2.75) is 32.0 Å². The standard InChI is InChI=1S/C27H26ClN3O3S/c1-4-16-8-14-19(15-9-16)31-26(35)30-23-20-6-5-7-21(33-3)24(20)34-27(31,2)22(23)25(32)29-18-12-10-17(28)11-13-18/h5-15,22-23H,4H2,1-3H3,(H,29,32)(H,30,35). The molecule has 2 bridgehead atoms. The fourth-order valence-corrected chi connectivity index (χ4v) is 5.49. The molecule has 3 unspecified atom stereocenters. The van der Waals surface area contributed by atoms with Crippen LogP contribution in [0.25, 0.3) is 0 Å². The number of methoxy groups -OCH3 is 1. The Labute approximate surface area is 215 Å². The molecule has 0 aromatic heterocycles. The maximum Gasteiger partial charge on any atom is 0.236 e. The van der Waals surface area contributed by atoms with Gasteiger partial charge in [-0.2, -0.15) is 0 Å². The van der Waals surface area contributed by atoms with Crippen LogP contribution in [-0.4, -0.2) is 23.9 Å². The van der Waals surface area contributed by atoms with Crippen LogP contribution in [0.4, 0.5) is 11.4 Å². The first kappa shape index (κ1) is 23.5. The lowest BCUT2D eigenvalue weighted by molar-refractivity contribution is -0.130. The van der Waals surface area contributed by atoms with E-state index in [1.54, 1.807) is 31.4 Å². The minimum atomic E-state index is -1.13. The summed E-state index contributed by atoms with van der Waals surface area (Å²) in [6, 6.07) is 20.4. The highest BCUT2D eigenvalue weighted by Gasteiger charge is 2.59. The van der Waals surface area contributed by atoms with Gasteiger partial charge in [-0.15, -0.1) is 0 Å². The smallest absolute Gasteiger partial charge is 0.236 e. The molecule has 1 fully saturated rings. The lowest BCUT2D eigenvalue weighted by atomic mass is 9.78. The topological polar surface area (TPSA) is 62.8 Å². The van der Waals surface area contributed by atoms with Gasteiger partial charge >= 0.3 is 0 Å². The second-order valence-electron chi connectivity index (χ2n) is 8.79. The normalized spacial score (nSPS) is 22.5. The number of carbonyl (C=O) groups is 1. The van der Waals surface area contributed by atoms with E-state index in [0.29, 0.717) is 27.3 Å². The first-order chi connectivity index (χ1) is 16.9. The number of anilines is 2. The molecule has 2 heterocycles. The molecular formula is C27H26ClN3O3S. The summed E-state index contributed by atoms with van der Waals surface area (Å²) in [5.74, 6) is 0.364. The van der Waals surface area contributed by atoms with E-state index in [4.69, 9.17) is 33.3 Å². The molecule has 2 aliphatic heterocycles. The molecule has 2 aliphatic rings. The van der Waals surface area contributed by atoms with Gasteiger partial charge in [-0.25, -0.2) is 0 Å². The van der Waals surface area contributed by atoms with Crippen LogP contribution in [0.2, 0.25) is 5.02 Å². The highest BCUT2D eigenvalue weighted by molar-refractivity contribution is 7.80. The quantitative estimate of drug-likeness (QED) is 0.431. The van der Waals surface area contributed by atoms with Crippen molar-refractivity contribution in [1.29, 1.82) is 0 Å². The van der Waals surface area contributed by atoms with Crippen molar-refractivity contribution < 1.29 is 14.3 Å². The number of ether oxygens (including phenoxy) is 2. The second-order valence-corrected chi connectivity index (χ2v) is 9.61. The molecule has 2 N–H and O–H groups in total. The number of nitrogens with one attached hydrogen (secondary N) is 2. The number of benzene rings is 3. The summed E-state index contributed by atoms with van der Waals surface area (Å²) in [4.78, 5) is 15.7. The van der Waals surface area contributed by atoms with Gasteiger partial charge in [0, 0.05) is 22.0 Å². The van der Waals surface area contributed by atoms with Gasteiger partial charge in [0.15, 0.2) is 22.3 Å². The van der Waals surface area contributed by atoms with Crippen LogP contribution >= 0.6 is 23.8 Å². The highest BCUT2D eigenvalue weighted by atomic mass is 35.5. The van der Waals surface area contributed by atoms with Crippen molar-refractivity contribution in [2.24, 2.45) is 5.92 Å². The van der Waals surface area contributed by atoms with E-state index in [1.165, 1.54) is 5.56 Å². The van der Waals surface area contributed by atoms with E-state index in [1.807, 2.05) is 42.2 Å². The zero-order valence-electron chi connectivity index (χ0n) is 19.7. The number of amides is 1. The number of halogens is 1. The Bertz CT molecular complexity index is 1280. The Morgan fingerprint density at radius 1 is 1.17 bits per heavy atom. The minimum Gasteiger partial charge on any atom is -0.493 e. The third-order valence-electron chi connectivity index (χ3n) is 6.71. The Morgan fingerprint density at radius 2 is 1.89 bits per heavy atom. The van der Waals surface area contributed by atoms with Crippen molar-refractivity contribution in [1.82, 2.24) is 5.32 Å². The van der Waals surface area contributed by atoms with Crippen molar-refractivity contribution in [3.8, 4) is 11.5 Å². The zero-order chi connectivity index (χ0) is 24.7. The summed E-state index contributed by atoms with van der Waals surface area (Å²) >= 11 is 11.9. The van der Waals surface area contributed by atoms with Crippen LogP contribution in [0.1, 0.15) is 31.0 Å². The molecule has 0 saturated carbocycles. The third kappa shape index (κ3) is 3.98. The predicted molar refractivity (Wildman–Crippen MR) is 142 cm³/mol. The fraction of sp³-hybridized carbons (Fsp3) is 0.259. The van der Waals surface area contributed by atoms with Crippen LogP contribution < -0.4 is 25.0 Å². The number of para-hydroxylation sites is 1. The van der Waals surface area contributed by atoms with Crippen molar-refractivity contribution in [3.05, 3.63) is 82.9 Å². The number of rotatable bonds is 5. The van der Waals surface area contributed by atoms with Gasteiger partial charge in [0.05, 0.1) is 13.2 Å². The van der Waals surface area contributed by atoms with Crippen LogP contribution in [0.15, 0.2) is 66.7 Å². The zero-order valence-corrected chi connectivity index (χ0v) is 21.2. The summed E-state index contributed by atoms with van der Waals surface area (Å²) in [6.45, 7) is 4.01. The summed E-state index contributed by atoms with van der Waals surface area (Å²) in [7, 11) is 1.61. The van der Waals surface area contributed by atoms with Crippen molar-refractivity contribution >= 4 is 46.2 Å². The molecule has 3 aromatic carbocycles. The molecule has 6 nitrogen and oxygen atoms in total. The molecule has 35 heavy (non-hydrogen) atoms. The largest absolute Gasteiger partial charge is 0.493 e. The Kier molecular flexibility index (Phi) is 6.07. The number of hydrogen-bond acceptors (Lipinski definition) is 4. The fourth-order valence-electron chi connectivity index (χ4n) is 4.95. The van der Waals surface area contributed by atoms with Crippen molar-refractivity contribution in [2.75, 3.05) is 17.3 Å². The molecule has 180 valence electrons. The van der Waals surface area contributed by atoms with Crippen LogP contribution in [0.3, 0.4) is 0 Å². The number of aryl methyl sites for hydroxylation is 1. The average Bonchev–Trinajstić information content (AvgIpc) is 2.85. The molecule has 3 atom stereocenters. The van der Waals surface area contributed by atoms with Gasteiger partial charge in [0.1, 0.15) is 5.92 Å². The van der Waals surface area contributed by atoms with E-state index >= 15 is 0 Å². The Hall–Kier alpha value is -3.29. The summed E-state index contributed by atoms with van der Waals surface area (Å²) in [6.07, 6.45) is 0.926. The molecule has 8 heteroatoms. The van der Waals surface area contributed by atoms with Gasteiger partial charge < -0.3 is 20.1 Å². The minimum absolute atomic E-state index is 0.196. The monoisotopic (exact) mass is 507 g/mol. The number of thiocarbonyl (C=S) groups is 1. The van der Waals surface area contributed by atoms with Gasteiger partial charge in [-0.05, 0) is 73.6 Å². The lowest BCUT2D eigenvalue weighted by Crippen LogP contribution is -2.72. The van der Waals surface area contributed by atoms with Gasteiger partial charge in [-0.1, -0.05) is 42.8 Å². The molecule has 3 aromatic rings. The van der Waals surface area contributed by atoms with E-state index in [2.05, 4.69) is 29.7 Å². The number of nitrogens with zero attached hydrogens (tertiary/aromatic N) is 1. The first-order valence-electron chi connectivity index (χ1n) is 11.5. The molecule has 1 amide bonds. The molecule has 0 radical (unpaired) electrons. The Morgan fingerprint density at radius 3 is 2.54 bits per heavy atom. The van der Waals surface area contributed by atoms with Gasteiger partial charge in [0.25, 0.3) is 0 Å². The van der Waals surface area contributed by atoms with Crippen LogP contribution in [0, 0.1) is 5.92 Å². The van der Waals surface area contributed by atoms with Gasteiger partial charge in [0.2, 0.25) is 5.91 Å². The van der Waals surface area contributed by atoms with E-state index in [-0.39, 0.29) is 5.91 Å². The molecule has 5 rings (SSSR count). The molecular weight excluding hydrogens is 482 g/mol. The maximum absolute atomic E-state index is 13.9. The van der Waals surface area contributed by atoms with Crippen molar-refractivity contribution in [3.63, 3.8) is 0 Å². The Balaban J connectivity index is 1.62. The maximum atomic E-state index is 13.9. The number of fused-ring (bicyclic) bond motifs is 4. The number of carbonyl (C=O) groups excluding carboxylic acids is 1. The summed E-state index contributed by atoms with van der Waals surface area (Å²) in [5, 5.41) is 7.55. The van der Waals surface area contributed by atoms with Crippen LogP contribution in [-0.2, 0) is 11.2 Å². The highest BCUT2D eigenvalue weighted by Crippen LogP contribution is 2.52. The van der Waals surface area contributed by atoms with E-state index in [9.17, 15) is 4.79 Å². The molecule has 1 saturated heterocycles. The molecule has 0 aliphatic carbocycles. The van der Waals surface area contributed by atoms with E-state index < -0.39 is 17.7 Å². The predicted octanol–water partition coefficient (Wildman–Crippen LogP) is 5.71. The van der Waals surface area contributed by atoms with Gasteiger partial charge in [-0.3, -0.25) is 9.69 Å². The average molecular weight is 508 g/mol. The summed E-state index contributed by atoms with van der Waals surface area (Å²) < 4.78 is 12.3. The lowest BCUT2D eigenvalue weighted by Gasteiger charge is -2.56. The third-order valence-corrected chi connectivity index (χ3v) is 7.26. The summed E-state index contributed by atoms with van der Waals surface area (Å²) in [5.41, 5.74) is 2.39. The SMILES string of the molecule is CCc1ccc(N2C(=S)NC3c4cccc(OC)c4OC2(C)C3C(=O)Nc2ccc(Cl)cc2)cc1. The van der Waals surface area contributed by atoms with Crippen LogP contribution in [0.5, 0.6) is 11.5 Å². The second kappa shape index (κ2) is 9.06. The van der Waals surface area contributed by atoms with E-state index in [0.717, 1.165) is 17.7 Å². The molecule has 0 spiro atoms.